The fourth-order valence-corrected chi connectivity index (χ4v) is 2.37. The van der Waals surface area contributed by atoms with E-state index in [-0.39, 0.29) is 30.9 Å². The molecular formula is C12H16F3N3O3. The van der Waals surface area contributed by atoms with E-state index < -0.39 is 23.3 Å². The number of alkyl halides is 3. The highest BCUT2D eigenvalue weighted by molar-refractivity contribution is 5.94. The molecule has 1 aliphatic heterocycles. The second kappa shape index (κ2) is 5.64. The van der Waals surface area contributed by atoms with Crippen LogP contribution in [0.1, 0.15) is 34.6 Å². The molecule has 2 rings (SSSR count). The molecule has 1 aromatic heterocycles. The number of hydrogen-bond donors (Lipinski definition) is 3. The molecule has 0 bridgehead atoms. The van der Waals surface area contributed by atoms with Gasteiger partial charge in [-0.25, -0.2) is 0 Å². The van der Waals surface area contributed by atoms with Gasteiger partial charge < -0.3 is 15.2 Å². The minimum absolute atomic E-state index is 0.156. The number of halogens is 3. The topological polar surface area (TPSA) is 87.2 Å². The van der Waals surface area contributed by atoms with Gasteiger partial charge in [0.2, 0.25) is 0 Å². The summed E-state index contributed by atoms with van der Waals surface area (Å²) in [6.07, 6.45) is -3.82. The van der Waals surface area contributed by atoms with Crippen molar-refractivity contribution in [1.82, 2.24) is 15.5 Å². The van der Waals surface area contributed by atoms with Crippen molar-refractivity contribution >= 4 is 5.91 Å². The minimum atomic E-state index is -4.59. The van der Waals surface area contributed by atoms with Gasteiger partial charge in [-0.1, -0.05) is 0 Å². The molecule has 118 valence electrons. The maximum absolute atomic E-state index is 12.7. The van der Waals surface area contributed by atoms with E-state index in [1.54, 1.807) is 0 Å². The Hall–Kier alpha value is -1.61. The van der Waals surface area contributed by atoms with Crippen molar-refractivity contribution in [3.05, 3.63) is 17.0 Å². The third-order valence-electron chi connectivity index (χ3n) is 3.58. The van der Waals surface area contributed by atoms with Crippen LogP contribution in [0, 0.1) is 6.92 Å². The summed E-state index contributed by atoms with van der Waals surface area (Å²) in [7, 11) is 0. The van der Waals surface area contributed by atoms with Gasteiger partial charge in [0.15, 0.2) is 5.69 Å². The summed E-state index contributed by atoms with van der Waals surface area (Å²) in [5, 5.41) is 17.0. The standard InChI is InChI=1S/C12H16F3N3O3/c1-7-8(17-18-9(7)12(13,14)15)10(20)16-11(2-4-19)3-5-21-6-11/h19H,2-6H2,1H3,(H,16,20)(H,17,18). The number of aromatic amines is 1. The number of hydrogen-bond acceptors (Lipinski definition) is 4. The Morgan fingerprint density at radius 1 is 1.57 bits per heavy atom. The Bertz CT molecular complexity index is 522. The van der Waals surface area contributed by atoms with Crippen molar-refractivity contribution in [3.8, 4) is 0 Å². The van der Waals surface area contributed by atoms with Gasteiger partial charge in [0.05, 0.1) is 12.1 Å². The Kier molecular flexibility index (Phi) is 4.24. The summed E-state index contributed by atoms with van der Waals surface area (Å²) < 4.78 is 43.2. The monoisotopic (exact) mass is 307 g/mol. The van der Waals surface area contributed by atoms with Crippen LogP contribution in [0.4, 0.5) is 13.2 Å². The van der Waals surface area contributed by atoms with Crippen LogP contribution in [-0.2, 0) is 10.9 Å². The molecular weight excluding hydrogens is 291 g/mol. The van der Waals surface area contributed by atoms with Crippen LogP contribution in [0.2, 0.25) is 0 Å². The van der Waals surface area contributed by atoms with Gasteiger partial charge in [-0.15, -0.1) is 0 Å². The van der Waals surface area contributed by atoms with Gasteiger partial charge in [0, 0.05) is 18.8 Å². The summed E-state index contributed by atoms with van der Waals surface area (Å²) in [6.45, 7) is 1.67. The van der Waals surface area contributed by atoms with Crippen LogP contribution in [0.25, 0.3) is 0 Å². The summed E-state index contributed by atoms with van der Waals surface area (Å²) >= 11 is 0. The Morgan fingerprint density at radius 2 is 2.29 bits per heavy atom. The van der Waals surface area contributed by atoms with E-state index in [4.69, 9.17) is 9.84 Å². The molecule has 21 heavy (non-hydrogen) atoms. The Morgan fingerprint density at radius 3 is 2.76 bits per heavy atom. The van der Waals surface area contributed by atoms with Crippen LogP contribution >= 0.6 is 0 Å². The number of aromatic nitrogens is 2. The van der Waals surface area contributed by atoms with Crippen LogP contribution < -0.4 is 5.32 Å². The zero-order chi connectivity index (χ0) is 15.7. The van der Waals surface area contributed by atoms with Gasteiger partial charge in [-0.05, 0) is 19.8 Å². The number of carbonyl (C=O) groups excluding carboxylic acids is 1. The highest BCUT2D eigenvalue weighted by atomic mass is 19.4. The molecule has 1 unspecified atom stereocenters. The number of nitrogens with zero attached hydrogens (tertiary/aromatic N) is 1. The molecule has 0 aromatic carbocycles. The van der Waals surface area contributed by atoms with Crippen molar-refractivity contribution in [1.29, 1.82) is 0 Å². The zero-order valence-electron chi connectivity index (χ0n) is 11.4. The molecule has 1 aliphatic rings. The van der Waals surface area contributed by atoms with E-state index in [2.05, 4.69) is 10.4 Å². The lowest BCUT2D eigenvalue weighted by Crippen LogP contribution is -2.50. The number of nitrogens with one attached hydrogen (secondary N) is 2. The molecule has 0 aliphatic carbocycles. The second-order valence-corrected chi connectivity index (χ2v) is 5.08. The highest BCUT2D eigenvalue weighted by Gasteiger charge is 2.39. The molecule has 6 nitrogen and oxygen atoms in total. The van der Waals surface area contributed by atoms with Crippen molar-refractivity contribution in [3.63, 3.8) is 0 Å². The molecule has 3 N–H and O–H groups in total. The molecule has 2 heterocycles. The van der Waals surface area contributed by atoms with E-state index >= 15 is 0 Å². The number of amides is 1. The molecule has 1 amide bonds. The maximum Gasteiger partial charge on any atom is 0.433 e. The summed E-state index contributed by atoms with van der Waals surface area (Å²) in [6, 6.07) is 0. The van der Waals surface area contributed by atoms with Crippen molar-refractivity contribution in [2.75, 3.05) is 19.8 Å². The second-order valence-electron chi connectivity index (χ2n) is 5.08. The summed E-state index contributed by atoms with van der Waals surface area (Å²) in [4.78, 5) is 12.1. The number of carbonyl (C=O) groups is 1. The number of ether oxygens (including phenoxy) is 1. The number of H-pyrrole nitrogens is 1. The number of aliphatic hydroxyl groups excluding tert-OH is 1. The van der Waals surface area contributed by atoms with Gasteiger partial charge in [0.1, 0.15) is 5.69 Å². The average molecular weight is 307 g/mol. The number of aliphatic hydroxyl groups is 1. The summed E-state index contributed by atoms with van der Waals surface area (Å²) in [5.74, 6) is -0.710. The molecule has 9 heteroatoms. The van der Waals surface area contributed by atoms with Crippen molar-refractivity contribution in [2.45, 2.75) is 31.5 Å². The molecule has 0 spiro atoms. The van der Waals surface area contributed by atoms with Crippen molar-refractivity contribution < 1.29 is 27.8 Å². The predicted octanol–water partition coefficient (Wildman–Crippen LogP) is 1.01. The van der Waals surface area contributed by atoms with Gasteiger partial charge in [-0.2, -0.15) is 18.3 Å². The van der Waals surface area contributed by atoms with Gasteiger partial charge in [-0.3, -0.25) is 9.89 Å². The molecule has 0 saturated carbocycles. The Labute approximate surface area is 118 Å². The first-order chi connectivity index (χ1) is 9.79. The van der Waals surface area contributed by atoms with Crippen LogP contribution in [-0.4, -0.2) is 46.6 Å². The first-order valence-corrected chi connectivity index (χ1v) is 6.42. The fourth-order valence-electron chi connectivity index (χ4n) is 2.37. The third-order valence-corrected chi connectivity index (χ3v) is 3.58. The third kappa shape index (κ3) is 3.18. The lowest BCUT2D eigenvalue weighted by atomic mass is 9.94. The van der Waals surface area contributed by atoms with E-state index in [1.165, 1.54) is 6.92 Å². The van der Waals surface area contributed by atoms with Gasteiger partial charge >= 0.3 is 6.18 Å². The molecule has 1 aromatic rings. The largest absolute Gasteiger partial charge is 0.433 e. The average Bonchev–Trinajstić information content (AvgIpc) is 2.96. The summed E-state index contributed by atoms with van der Waals surface area (Å²) in [5.41, 5.74) is -2.34. The molecule has 0 radical (unpaired) electrons. The maximum atomic E-state index is 12.7. The van der Waals surface area contributed by atoms with Crippen LogP contribution in [0.15, 0.2) is 0 Å². The van der Waals surface area contributed by atoms with Crippen molar-refractivity contribution in [2.24, 2.45) is 0 Å². The molecule has 1 saturated heterocycles. The van der Waals surface area contributed by atoms with E-state index in [9.17, 15) is 18.0 Å². The van der Waals surface area contributed by atoms with E-state index in [1.807, 2.05) is 5.10 Å². The smallest absolute Gasteiger partial charge is 0.396 e. The van der Waals surface area contributed by atoms with Crippen LogP contribution in [0.5, 0.6) is 0 Å². The predicted molar refractivity (Wildman–Crippen MR) is 65.7 cm³/mol. The van der Waals surface area contributed by atoms with Gasteiger partial charge in [0.25, 0.3) is 5.91 Å². The lowest BCUT2D eigenvalue weighted by molar-refractivity contribution is -0.141. The fraction of sp³-hybridized carbons (Fsp3) is 0.667. The van der Waals surface area contributed by atoms with E-state index in [0.29, 0.717) is 13.0 Å². The number of rotatable bonds is 4. The first-order valence-electron chi connectivity index (χ1n) is 6.42. The first kappa shape index (κ1) is 15.8. The lowest BCUT2D eigenvalue weighted by Gasteiger charge is -2.27. The quantitative estimate of drug-likeness (QED) is 0.775. The molecule has 1 atom stereocenters. The SMILES string of the molecule is Cc1c(C(=O)NC2(CCO)CCOC2)n[nH]c1C(F)(F)F. The highest BCUT2D eigenvalue weighted by Crippen LogP contribution is 2.31. The molecule has 1 fully saturated rings. The zero-order valence-corrected chi connectivity index (χ0v) is 11.4. The van der Waals surface area contributed by atoms with Crippen LogP contribution in [0.3, 0.4) is 0 Å². The Balaban J connectivity index is 2.19. The van der Waals surface area contributed by atoms with E-state index in [0.717, 1.165) is 0 Å². The minimum Gasteiger partial charge on any atom is -0.396 e. The normalized spacial score (nSPS) is 22.5.